The van der Waals surface area contributed by atoms with Gasteiger partial charge < -0.3 is 10.2 Å². The van der Waals surface area contributed by atoms with Crippen LogP contribution in [0.5, 0.6) is 0 Å². The molecular weight excluding hydrogens is 212 g/mol. The molecule has 0 aromatic carbocycles. The molecule has 0 spiro atoms. The summed E-state index contributed by atoms with van der Waals surface area (Å²) in [6.07, 6.45) is 5.92. The molecule has 0 saturated carbocycles. The highest BCUT2D eigenvalue weighted by atomic mass is 16.4. The Morgan fingerprint density at radius 2 is 2.12 bits per heavy atom. The molecule has 1 atom stereocenters. The summed E-state index contributed by atoms with van der Waals surface area (Å²) in [5.74, 6) is -1.86. The lowest BCUT2D eigenvalue weighted by atomic mass is 10.2. The van der Waals surface area contributed by atoms with Crippen molar-refractivity contribution in [2.24, 2.45) is 0 Å². The highest BCUT2D eigenvalue weighted by molar-refractivity contribution is 5.71. The van der Waals surface area contributed by atoms with Crippen LogP contribution in [0.15, 0.2) is 18.7 Å². The van der Waals surface area contributed by atoms with Crippen LogP contribution >= 0.6 is 0 Å². The minimum Gasteiger partial charge on any atom is -0.478 e. The molecule has 6 nitrogen and oxygen atoms in total. The topological polar surface area (TPSA) is 83.4 Å². The number of hydrogen-bond donors (Lipinski definition) is 2. The van der Waals surface area contributed by atoms with Crippen molar-refractivity contribution in [3.8, 4) is 0 Å². The molecule has 0 aliphatic carbocycles. The lowest BCUT2D eigenvalue weighted by Crippen LogP contribution is -2.36. The molecule has 2 N–H and O–H groups in total. The first kappa shape index (κ1) is 12.2. The molecule has 0 saturated heterocycles. The maximum absolute atomic E-state index is 11.0. The zero-order valence-corrected chi connectivity index (χ0v) is 9.04. The first-order valence-corrected chi connectivity index (χ1v) is 5.05. The third kappa shape index (κ3) is 3.08. The fourth-order valence-corrected chi connectivity index (χ4v) is 1.52. The van der Waals surface area contributed by atoms with Crippen molar-refractivity contribution in [1.82, 2.24) is 4.57 Å². The Balaban J connectivity index is 2.81. The minimum atomic E-state index is -0.954. The van der Waals surface area contributed by atoms with Gasteiger partial charge in [0.05, 0.1) is 0 Å². The average molecular weight is 227 g/mol. The quantitative estimate of drug-likeness (QED) is 0.684. The fourth-order valence-electron chi connectivity index (χ4n) is 1.52. The number of rotatable bonds is 6. The van der Waals surface area contributed by atoms with E-state index in [1.165, 1.54) is 15.5 Å². The van der Waals surface area contributed by atoms with Crippen LogP contribution < -0.4 is 4.57 Å². The lowest BCUT2D eigenvalue weighted by molar-refractivity contribution is -0.685. The van der Waals surface area contributed by atoms with Crippen LogP contribution in [0.4, 0.5) is 0 Å². The third-order valence-electron chi connectivity index (χ3n) is 2.24. The zero-order chi connectivity index (χ0) is 12.1. The Morgan fingerprint density at radius 1 is 1.44 bits per heavy atom. The van der Waals surface area contributed by atoms with E-state index in [0.29, 0.717) is 6.42 Å². The van der Waals surface area contributed by atoms with E-state index in [9.17, 15) is 9.59 Å². The van der Waals surface area contributed by atoms with E-state index in [4.69, 9.17) is 10.2 Å². The van der Waals surface area contributed by atoms with E-state index in [1.54, 1.807) is 12.4 Å². The van der Waals surface area contributed by atoms with Gasteiger partial charge in [-0.15, -0.1) is 0 Å². The van der Waals surface area contributed by atoms with E-state index in [1.807, 2.05) is 6.92 Å². The maximum Gasteiger partial charge on any atom is 0.349 e. The molecule has 6 heteroatoms. The van der Waals surface area contributed by atoms with Gasteiger partial charge in [-0.2, -0.15) is 0 Å². The minimum absolute atomic E-state index is 0.161. The molecule has 88 valence electrons. The predicted molar refractivity (Wildman–Crippen MR) is 53.8 cm³/mol. The van der Waals surface area contributed by atoms with Crippen molar-refractivity contribution in [3.63, 3.8) is 0 Å². The van der Waals surface area contributed by atoms with Crippen LogP contribution in [0, 0.1) is 0 Å². The summed E-state index contributed by atoms with van der Waals surface area (Å²) in [6, 6.07) is -0.625. The van der Waals surface area contributed by atoms with Gasteiger partial charge in [0, 0.05) is 0 Å². The van der Waals surface area contributed by atoms with Gasteiger partial charge in [-0.1, -0.05) is 13.3 Å². The Morgan fingerprint density at radius 3 is 2.62 bits per heavy atom. The number of hydrogen-bond acceptors (Lipinski definition) is 2. The second-order valence-electron chi connectivity index (χ2n) is 3.57. The first-order chi connectivity index (χ1) is 7.54. The molecule has 0 amide bonds. The van der Waals surface area contributed by atoms with E-state index in [2.05, 4.69) is 0 Å². The molecular formula is C10H15N2O4+. The number of aliphatic carboxylic acids is 2. The Labute approximate surface area is 92.7 Å². The lowest BCUT2D eigenvalue weighted by Gasteiger charge is -2.06. The van der Waals surface area contributed by atoms with Gasteiger partial charge in [0.2, 0.25) is 6.33 Å². The van der Waals surface area contributed by atoms with Crippen LogP contribution in [0.1, 0.15) is 25.8 Å². The SMILES string of the molecule is CCCC(C(=O)O)n1cc[n+](CC(=O)O)c1. The second kappa shape index (κ2) is 5.29. The smallest absolute Gasteiger partial charge is 0.349 e. The van der Waals surface area contributed by atoms with Gasteiger partial charge in [0.1, 0.15) is 12.4 Å². The van der Waals surface area contributed by atoms with Crippen molar-refractivity contribution in [2.45, 2.75) is 32.4 Å². The molecule has 0 radical (unpaired) electrons. The summed E-state index contributed by atoms with van der Waals surface area (Å²) in [5.41, 5.74) is 0. The average Bonchev–Trinajstić information content (AvgIpc) is 2.60. The Hall–Kier alpha value is -1.85. The van der Waals surface area contributed by atoms with Crippen LogP contribution in [-0.4, -0.2) is 26.7 Å². The van der Waals surface area contributed by atoms with Gasteiger partial charge in [0.25, 0.3) is 0 Å². The van der Waals surface area contributed by atoms with Crippen molar-refractivity contribution in [2.75, 3.05) is 0 Å². The van der Waals surface area contributed by atoms with E-state index < -0.39 is 18.0 Å². The molecule has 1 aromatic rings. The molecule has 0 aliphatic rings. The third-order valence-corrected chi connectivity index (χ3v) is 2.24. The molecule has 16 heavy (non-hydrogen) atoms. The number of imidazole rings is 1. The Kier molecular flexibility index (Phi) is 4.04. The van der Waals surface area contributed by atoms with Gasteiger partial charge >= 0.3 is 11.9 Å². The number of carboxylic acid groups (broad SMARTS) is 2. The van der Waals surface area contributed by atoms with Crippen molar-refractivity contribution in [3.05, 3.63) is 18.7 Å². The van der Waals surface area contributed by atoms with Gasteiger partial charge in [0.15, 0.2) is 12.6 Å². The largest absolute Gasteiger partial charge is 0.478 e. The van der Waals surface area contributed by atoms with E-state index in [-0.39, 0.29) is 6.54 Å². The number of nitrogens with zero attached hydrogens (tertiary/aromatic N) is 2. The second-order valence-corrected chi connectivity index (χ2v) is 3.57. The summed E-state index contributed by atoms with van der Waals surface area (Å²) in [6.45, 7) is 1.75. The van der Waals surface area contributed by atoms with Gasteiger partial charge in [-0.3, -0.25) is 0 Å². The van der Waals surface area contributed by atoms with Gasteiger partial charge in [-0.05, 0) is 6.42 Å². The predicted octanol–water partition coefficient (Wildman–Crippen LogP) is 0.286. The monoisotopic (exact) mass is 227 g/mol. The molecule has 1 heterocycles. The van der Waals surface area contributed by atoms with Crippen molar-refractivity contribution >= 4 is 11.9 Å². The van der Waals surface area contributed by atoms with Crippen LogP contribution in [0.2, 0.25) is 0 Å². The summed E-state index contributed by atoms with van der Waals surface area (Å²) >= 11 is 0. The molecule has 0 fully saturated rings. The van der Waals surface area contributed by atoms with E-state index in [0.717, 1.165) is 6.42 Å². The van der Waals surface area contributed by atoms with Crippen LogP contribution in [-0.2, 0) is 16.1 Å². The highest BCUT2D eigenvalue weighted by Crippen LogP contribution is 2.12. The fraction of sp³-hybridized carbons (Fsp3) is 0.500. The standard InChI is InChI=1S/C10H14N2O4/c1-2-3-8(10(15)16)12-5-4-11(7-12)6-9(13)14/h4-5,7-8H,2-3,6H2,1H3,(H-,13,14,15,16)/p+1. The van der Waals surface area contributed by atoms with Crippen molar-refractivity contribution in [1.29, 1.82) is 0 Å². The molecule has 1 unspecified atom stereocenters. The summed E-state index contributed by atoms with van der Waals surface area (Å²) in [5, 5.41) is 17.6. The summed E-state index contributed by atoms with van der Waals surface area (Å²) in [7, 11) is 0. The summed E-state index contributed by atoms with van der Waals surface area (Å²) < 4.78 is 2.96. The van der Waals surface area contributed by atoms with Crippen LogP contribution in [0.3, 0.4) is 0 Å². The molecule has 1 rings (SSSR count). The van der Waals surface area contributed by atoms with Crippen molar-refractivity contribution < 1.29 is 24.4 Å². The van der Waals surface area contributed by atoms with E-state index >= 15 is 0 Å². The van der Waals surface area contributed by atoms with Crippen LogP contribution in [0.25, 0.3) is 0 Å². The number of aromatic nitrogens is 2. The highest BCUT2D eigenvalue weighted by Gasteiger charge is 2.23. The Bertz CT molecular complexity index is 386. The first-order valence-electron chi connectivity index (χ1n) is 5.05. The zero-order valence-electron chi connectivity index (χ0n) is 9.04. The normalized spacial score (nSPS) is 12.3. The maximum atomic E-state index is 11.0. The molecule has 1 aromatic heterocycles. The molecule has 0 bridgehead atoms. The molecule has 0 aliphatic heterocycles. The number of carbonyl (C=O) groups is 2. The summed E-state index contributed by atoms with van der Waals surface area (Å²) in [4.78, 5) is 21.4. The number of carboxylic acids is 2. The van der Waals surface area contributed by atoms with Gasteiger partial charge in [-0.25, -0.2) is 18.7 Å².